The molecule has 0 aliphatic carbocycles. The second-order valence-corrected chi connectivity index (χ2v) is 6.31. The van der Waals surface area contributed by atoms with E-state index in [1.807, 2.05) is 0 Å². The number of alkyl halides is 3. The Morgan fingerprint density at radius 1 is 1.15 bits per heavy atom. The van der Waals surface area contributed by atoms with Crippen molar-refractivity contribution >= 4 is 10.0 Å². The molecule has 0 heterocycles. The first-order chi connectivity index (χ1) is 9.24. The number of aliphatic hydroxyl groups is 1. The fourth-order valence-electron chi connectivity index (χ4n) is 1.65. The number of hydrogen-bond acceptors (Lipinski definition) is 3. The van der Waals surface area contributed by atoms with Crippen LogP contribution in [-0.2, 0) is 16.4 Å². The number of hydrogen-bond donors (Lipinski definition) is 1. The van der Waals surface area contributed by atoms with Gasteiger partial charge in [-0.15, -0.1) is 0 Å². The SMILES string of the molecule is O=S(=O)(CCc1ccccc1)N(CCO)CC(F)(F)F. The first kappa shape index (κ1) is 16.9. The van der Waals surface area contributed by atoms with Crippen LogP contribution in [0.2, 0.25) is 0 Å². The van der Waals surface area contributed by atoms with E-state index in [0.717, 1.165) is 5.56 Å². The molecule has 4 nitrogen and oxygen atoms in total. The molecule has 0 fully saturated rings. The quantitative estimate of drug-likeness (QED) is 0.828. The van der Waals surface area contributed by atoms with Gasteiger partial charge in [0.15, 0.2) is 0 Å². The van der Waals surface area contributed by atoms with E-state index >= 15 is 0 Å². The second-order valence-electron chi connectivity index (χ2n) is 4.22. The van der Waals surface area contributed by atoms with Gasteiger partial charge in [0.1, 0.15) is 6.54 Å². The Morgan fingerprint density at radius 2 is 1.75 bits per heavy atom. The van der Waals surface area contributed by atoms with E-state index in [2.05, 4.69) is 0 Å². The highest BCUT2D eigenvalue weighted by Crippen LogP contribution is 2.19. The molecule has 1 aromatic carbocycles. The molecule has 0 bridgehead atoms. The third kappa shape index (κ3) is 5.89. The third-order valence-electron chi connectivity index (χ3n) is 2.59. The molecule has 0 amide bonds. The summed E-state index contributed by atoms with van der Waals surface area (Å²) >= 11 is 0. The van der Waals surface area contributed by atoms with Crippen molar-refractivity contribution in [1.29, 1.82) is 0 Å². The second kappa shape index (κ2) is 7.05. The van der Waals surface area contributed by atoms with E-state index in [9.17, 15) is 21.6 Å². The van der Waals surface area contributed by atoms with Gasteiger partial charge in [-0.25, -0.2) is 8.42 Å². The largest absolute Gasteiger partial charge is 0.402 e. The van der Waals surface area contributed by atoms with Crippen LogP contribution in [0, 0.1) is 0 Å². The molecule has 0 aliphatic rings. The molecule has 0 unspecified atom stereocenters. The lowest BCUT2D eigenvalue weighted by molar-refractivity contribution is -0.136. The Hall–Kier alpha value is -1.12. The van der Waals surface area contributed by atoms with E-state index in [1.165, 1.54) is 0 Å². The molecule has 8 heteroatoms. The van der Waals surface area contributed by atoms with Gasteiger partial charge in [0, 0.05) is 6.54 Å². The Labute approximate surface area is 115 Å². The summed E-state index contributed by atoms with van der Waals surface area (Å²) in [5, 5.41) is 8.71. The number of halogens is 3. The van der Waals surface area contributed by atoms with E-state index in [-0.39, 0.29) is 10.7 Å². The van der Waals surface area contributed by atoms with Crippen molar-refractivity contribution in [3.8, 4) is 0 Å². The molecule has 0 aromatic heterocycles. The summed E-state index contributed by atoms with van der Waals surface area (Å²) in [7, 11) is -4.06. The number of aliphatic hydroxyl groups excluding tert-OH is 1. The van der Waals surface area contributed by atoms with Gasteiger partial charge in [-0.05, 0) is 12.0 Å². The third-order valence-corrected chi connectivity index (χ3v) is 4.41. The fourth-order valence-corrected chi connectivity index (χ4v) is 3.10. The summed E-state index contributed by atoms with van der Waals surface area (Å²) in [4.78, 5) is 0. The van der Waals surface area contributed by atoms with Crippen molar-refractivity contribution in [1.82, 2.24) is 4.31 Å². The van der Waals surface area contributed by atoms with Crippen molar-refractivity contribution in [2.75, 3.05) is 25.4 Å². The van der Waals surface area contributed by atoms with Crippen LogP contribution in [0.3, 0.4) is 0 Å². The van der Waals surface area contributed by atoms with Gasteiger partial charge >= 0.3 is 6.18 Å². The first-order valence-electron chi connectivity index (χ1n) is 5.94. The topological polar surface area (TPSA) is 57.6 Å². The van der Waals surface area contributed by atoms with Gasteiger partial charge in [-0.2, -0.15) is 17.5 Å². The monoisotopic (exact) mass is 311 g/mol. The van der Waals surface area contributed by atoms with Crippen LogP contribution in [-0.4, -0.2) is 49.5 Å². The van der Waals surface area contributed by atoms with Crippen LogP contribution < -0.4 is 0 Å². The summed E-state index contributed by atoms with van der Waals surface area (Å²) < 4.78 is 61.1. The summed E-state index contributed by atoms with van der Waals surface area (Å²) in [5.74, 6) is -0.424. The van der Waals surface area contributed by atoms with Crippen molar-refractivity contribution in [3.05, 3.63) is 35.9 Å². The zero-order valence-electron chi connectivity index (χ0n) is 10.7. The maximum Gasteiger partial charge on any atom is 0.402 e. The molecule has 0 spiro atoms. The molecule has 0 saturated carbocycles. The van der Waals surface area contributed by atoms with Gasteiger partial charge in [-0.3, -0.25) is 0 Å². The van der Waals surface area contributed by atoms with Crippen molar-refractivity contribution < 1.29 is 26.7 Å². The molecule has 20 heavy (non-hydrogen) atoms. The minimum absolute atomic E-state index is 0.128. The lowest BCUT2D eigenvalue weighted by Crippen LogP contribution is -2.42. The molecule has 1 N–H and O–H groups in total. The van der Waals surface area contributed by atoms with Crippen molar-refractivity contribution in [2.45, 2.75) is 12.6 Å². The Morgan fingerprint density at radius 3 is 2.25 bits per heavy atom. The highest BCUT2D eigenvalue weighted by molar-refractivity contribution is 7.89. The number of sulfonamides is 1. The summed E-state index contributed by atoms with van der Waals surface area (Å²) in [6, 6.07) is 8.62. The van der Waals surface area contributed by atoms with E-state index in [4.69, 9.17) is 5.11 Å². The Balaban J connectivity index is 2.72. The van der Waals surface area contributed by atoms with Crippen molar-refractivity contribution in [2.24, 2.45) is 0 Å². The van der Waals surface area contributed by atoms with Crippen LogP contribution in [0.4, 0.5) is 13.2 Å². The zero-order valence-corrected chi connectivity index (χ0v) is 11.5. The molecule has 0 atom stereocenters. The lowest BCUT2D eigenvalue weighted by atomic mass is 10.2. The van der Waals surface area contributed by atoms with Crippen LogP contribution in [0.15, 0.2) is 30.3 Å². The maximum atomic E-state index is 12.3. The normalized spacial score (nSPS) is 12.8. The van der Waals surface area contributed by atoms with Gasteiger partial charge < -0.3 is 5.11 Å². The molecular weight excluding hydrogens is 295 g/mol. The average molecular weight is 311 g/mol. The predicted molar refractivity (Wildman–Crippen MR) is 68.6 cm³/mol. The number of aryl methyl sites for hydroxylation is 1. The highest BCUT2D eigenvalue weighted by atomic mass is 32.2. The van der Waals surface area contributed by atoms with E-state index in [0.29, 0.717) is 0 Å². The summed E-state index contributed by atoms with van der Waals surface area (Å²) in [5.41, 5.74) is 0.729. The Kier molecular flexibility index (Phi) is 5.97. The minimum Gasteiger partial charge on any atom is -0.395 e. The van der Waals surface area contributed by atoms with Gasteiger partial charge in [0.2, 0.25) is 10.0 Å². The van der Waals surface area contributed by atoms with Crippen LogP contribution in [0.5, 0.6) is 0 Å². The zero-order chi connectivity index (χ0) is 15.2. The van der Waals surface area contributed by atoms with Crippen LogP contribution in [0.1, 0.15) is 5.56 Å². The maximum absolute atomic E-state index is 12.3. The number of rotatable bonds is 7. The molecule has 1 aromatic rings. The molecule has 114 valence electrons. The lowest BCUT2D eigenvalue weighted by Gasteiger charge is -2.22. The highest BCUT2D eigenvalue weighted by Gasteiger charge is 2.35. The molecular formula is C12H16F3NO3S. The van der Waals surface area contributed by atoms with E-state index < -0.39 is 41.6 Å². The molecule has 0 saturated heterocycles. The van der Waals surface area contributed by atoms with Gasteiger partial charge in [-0.1, -0.05) is 30.3 Å². The number of benzene rings is 1. The van der Waals surface area contributed by atoms with Gasteiger partial charge in [0.05, 0.1) is 12.4 Å². The van der Waals surface area contributed by atoms with Crippen LogP contribution in [0.25, 0.3) is 0 Å². The van der Waals surface area contributed by atoms with E-state index in [1.54, 1.807) is 30.3 Å². The summed E-state index contributed by atoms with van der Waals surface area (Å²) in [6.07, 6.45) is -4.50. The smallest absolute Gasteiger partial charge is 0.395 e. The molecule has 0 aliphatic heterocycles. The predicted octanol–water partition coefficient (Wildman–Crippen LogP) is 1.42. The Bertz CT molecular complexity index is 502. The standard InChI is InChI=1S/C12H16F3NO3S/c13-12(14,15)10-16(7-8-17)20(18,19)9-6-11-4-2-1-3-5-11/h1-5,17H,6-10H2. The van der Waals surface area contributed by atoms with Crippen molar-refractivity contribution in [3.63, 3.8) is 0 Å². The molecule has 0 radical (unpaired) electrons. The van der Waals surface area contributed by atoms with Gasteiger partial charge in [0.25, 0.3) is 0 Å². The number of nitrogens with zero attached hydrogens (tertiary/aromatic N) is 1. The summed E-state index contributed by atoms with van der Waals surface area (Å²) in [6.45, 7) is -2.79. The van der Waals surface area contributed by atoms with Crippen LogP contribution >= 0.6 is 0 Å². The molecule has 1 rings (SSSR count). The first-order valence-corrected chi connectivity index (χ1v) is 7.55. The fraction of sp³-hybridized carbons (Fsp3) is 0.500. The average Bonchev–Trinajstić information content (AvgIpc) is 2.36. The minimum atomic E-state index is -4.63.